The third-order valence-corrected chi connectivity index (χ3v) is 4.87. The number of hydrogen-bond acceptors (Lipinski definition) is 3. The summed E-state index contributed by atoms with van der Waals surface area (Å²) in [4.78, 5) is 12.2. The van der Waals surface area contributed by atoms with Crippen LogP contribution < -0.4 is 10.1 Å². The van der Waals surface area contributed by atoms with Crippen LogP contribution in [0.2, 0.25) is 0 Å². The third-order valence-electron chi connectivity index (χ3n) is 3.56. The van der Waals surface area contributed by atoms with Gasteiger partial charge >= 0.3 is 0 Å². The second kappa shape index (κ2) is 6.91. The van der Waals surface area contributed by atoms with Crippen molar-refractivity contribution in [1.29, 1.82) is 0 Å². The van der Waals surface area contributed by atoms with E-state index in [1.54, 1.807) is 6.07 Å². The van der Waals surface area contributed by atoms with Crippen molar-refractivity contribution in [2.24, 2.45) is 0 Å². The molecule has 1 N–H and O–H groups in total. The van der Waals surface area contributed by atoms with Gasteiger partial charge in [-0.2, -0.15) is 0 Å². The van der Waals surface area contributed by atoms with Crippen molar-refractivity contribution in [2.75, 3.05) is 12.3 Å². The first-order chi connectivity index (χ1) is 11.1. The summed E-state index contributed by atoms with van der Waals surface area (Å²) in [6.45, 7) is 0.355. The molecule has 2 aromatic carbocycles. The number of carbonyl (C=O) groups is 1. The Labute approximate surface area is 136 Å². The van der Waals surface area contributed by atoms with E-state index >= 15 is 0 Å². The highest BCUT2D eigenvalue weighted by Crippen LogP contribution is 2.27. The number of benzene rings is 2. The summed E-state index contributed by atoms with van der Waals surface area (Å²) in [6.07, 6.45) is 0.627. The highest BCUT2D eigenvalue weighted by Gasteiger charge is 2.23. The third kappa shape index (κ3) is 3.96. The van der Waals surface area contributed by atoms with Crippen LogP contribution in [0.5, 0.6) is 5.75 Å². The van der Waals surface area contributed by atoms with Crippen molar-refractivity contribution in [3.8, 4) is 5.75 Å². The number of rotatable bonds is 5. The maximum Gasteiger partial charge on any atom is 0.233 e. The monoisotopic (exact) mass is 333 g/mol. The average molecular weight is 333 g/mol. The summed E-state index contributed by atoms with van der Waals surface area (Å²) < 4.78 is 30.9. The van der Waals surface area contributed by atoms with E-state index in [2.05, 4.69) is 5.32 Å². The first-order valence-corrected chi connectivity index (χ1v) is 8.59. The van der Waals surface area contributed by atoms with E-state index in [-0.39, 0.29) is 17.8 Å². The molecule has 2 aromatic rings. The van der Waals surface area contributed by atoms with Gasteiger partial charge < -0.3 is 10.1 Å². The fraction of sp³-hybridized carbons (Fsp3) is 0.235. The topological polar surface area (TPSA) is 55.4 Å². The van der Waals surface area contributed by atoms with E-state index in [1.165, 1.54) is 18.2 Å². The molecule has 1 heterocycles. The SMILES string of the molecule is O=C(C[S@](=O)c1cccc(F)c1)NC[C@@H]1Cc2ccccc2O1. The fourth-order valence-corrected chi connectivity index (χ4v) is 3.44. The van der Waals surface area contributed by atoms with Crippen LogP contribution in [-0.4, -0.2) is 28.5 Å². The predicted octanol–water partition coefficient (Wildman–Crippen LogP) is 2.05. The molecule has 0 aromatic heterocycles. The number of amides is 1. The molecular weight excluding hydrogens is 317 g/mol. The van der Waals surface area contributed by atoms with E-state index in [0.717, 1.165) is 17.7 Å². The molecule has 0 bridgehead atoms. The van der Waals surface area contributed by atoms with Crippen LogP contribution in [-0.2, 0) is 22.0 Å². The summed E-state index contributed by atoms with van der Waals surface area (Å²) in [6, 6.07) is 13.2. The van der Waals surface area contributed by atoms with Crippen molar-refractivity contribution >= 4 is 16.7 Å². The fourth-order valence-electron chi connectivity index (χ4n) is 2.46. The summed E-state index contributed by atoms with van der Waals surface area (Å²) in [5, 5.41) is 2.72. The van der Waals surface area contributed by atoms with Gasteiger partial charge in [-0.3, -0.25) is 9.00 Å². The van der Waals surface area contributed by atoms with Crippen molar-refractivity contribution < 1.29 is 18.1 Å². The Bertz CT molecular complexity index is 725. The number of fused-ring (bicyclic) bond motifs is 1. The van der Waals surface area contributed by atoms with Crippen molar-refractivity contribution in [2.45, 2.75) is 17.4 Å². The molecule has 0 radical (unpaired) electrons. The van der Waals surface area contributed by atoms with Gasteiger partial charge in [0.05, 0.1) is 17.3 Å². The molecule has 0 unspecified atom stereocenters. The Kier molecular flexibility index (Phi) is 4.71. The minimum Gasteiger partial charge on any atom is -0.488 e. The van der Waals surface area contributed by atoms with Gasteiger partial charge in [-0.05, 0) is 29.8 Å². The summed E-state index contributed by atoms with van der Waals surface area (Å²) in [5.74, 6) is -0.154. The molecule has 3 rings (SSSR count). The van der Waals surface area contributed by atoms with Gasteiger partial charge in [0.1, 0.15) is 23.4 Å². The molecule has 0 saturated carbocycles. The predicted molar refractivity (Wildman–Crippen MR) is 85.2 cm³/mol. The standard InChI is InChI=1S/C17H16FNO3S/c18-13-5-3-6-15(9-13)23(21)11-17(20)19-10-14-8-12-4-1-2-7-16(12)22-14/h1-7,9,14H,8,10-11H2,(H,19,20)/t14-,23-/m0/s1. The van der Waals surface area contributed by atoms with E-state index in [4.69, 9.17) is 4.74 Å². The van der Waals surface area contributed by atoms with Gasteiger partial charge in [0.2, 0.25) is 5.91 Å². The maximum atomic E-state index is 13.1. The number of para-hydroxylation sites is 1. The molecule has 1 aliphatic heterocycles. The number of nitrogens with one attached hydrogen (secondary N) is 1. The van der Waals surface area contributed by atoms with Crippen LogP contribution in [0.1, 0.15) is 5.56 Å². The highest BCUT2D eigenvalue weighted by molar-refractivity contribution is 7.85. The molecule has 23 heavy (non-hydrogen) atoms. The van der Waals surface area contributed by atoms with Crippen LogP contribution in [0, 0.1) is 5.82 Å². The van der Waals surface area contributed by atoms with Crippen molar-refractivity contribution in [3.05, 3.63) is 59.9 Å². The van der Waals surface area contributed by atoms with Crippen LogP contribution in [0.25, 0.3) is 0 Å². The largest absolute Gasteiger partial charge is 0.488 e. The van der Waals surface area contributed by atoms with Crippen LogP contribution >= 0.6 is 0 Å². The van der Waals surface area contributed by atoms with Gasteiger partial charge in [0.25, 0.3) is 0 Å². The Hall–Kier alpha value is -2.21. The van der Waals surface area contributed by atoms with Gasteiger partial charge in [-0.1, -0.05) is 24.3 Å². The lowest BCUT2D eigenvalue weighted by Crippen LogP contribution is -2.36. The quantitative estimate of drug-likeness (QED) is 0.911. The maximum absolute atomic E-state index is 13.1. The zero-order chi connectivity index (χ0) is 16.2. The van der Waals surface area contributed by atoms with Crippen LogP contribution in [0.4, 0.5) is 4.39 Å². The second-order valence-corrected chi connectivity index (χ2v) is 6.75. The first-order valence-electron chi connectivity index (χ1n) is 7.27. The van der Waals surface area contributed by atoms with E-state index in [1.807, 2.05) is 24.3 Å². The smallest absolute Gasteiger partial charge is 0.233 e. The molecule has 6 heteroatoms. The lowest BCUT2D eigenvalue weighted by atomic mass is 10.1. The summed E-state index contributed by atoms with van der Waals surface area (Å²) in [7, 11) is -1.56. The van der Waals surface area contributed by atoms with Gasteiger partial charge in [-0.25, -0.2) is 4.39 Å². The zero-order valence-electron chi connectivity index (χ0n) is 12.3. The molecule has 1 aliphatic rings. The molecule has 120 valence electrons. The van der Waals surface area contributed by atoms with Gasteiger partial charge in [-0.15, -0.1) is 0 Å². The van der Waals surface area contributed by atoms with E-state index < -0.39 is 16.6 Å². The molecule has 0 saturated heterocycles. The van der Waals surface area contributed by atoms with Crippen molar-refractivity contribution in [1.82, 2.24) is 5.32 Å². The van der Waals surface area contributed by atoms with Gasteiger partial charge in [0.15, 0.2) is 0 Å². The van der Waals surface area contributed by atoms with E-state index in [9.17, 15) is 13.4 Å². The Morgan fingerprint density at radius 2 is 2.09 bits per heavy atom. The van der Waals surface area contributed by atoms with Crippen LogP contribution in [0.15, 0.2) is 53.4 Å². The minimum absolute atomic E-state index is 0.112. The zero-order valence-corrected chi connectivity index (χ0v) is 13.1. The lowest BCUT2D eigenvalue weighted by Gasteiger charge is -2.12. The van der Waals surface area contributed by atoms with E-state index in [0.29, 0.717) is 11.4 Å². The summed E-state index contributed by atoms with van der Waals surface area (Å²) >= 11 is 0. The molecule has 0 fully saturated rings. The number of carbonyl (C=O) groups excluding carboxylic acids is 1. The lowest BCUT2D eigenvalue weighted by molar-refractivity contribution is -0.118. The van der Waals surface area contributed by atoms with Gasteiger partial charge in [0, 0.05) is 11.3 Å². The molecule has 2 atom stereocenters. The number of ether oxygens (including phenoxy) is 1. The Morgan fingerprint density at radius 1 is 1.26 bits per heavy atom. The highest BCUT2D eigenvalue weighted by atomic mass is 32.2. The number of halogens is 1. The molecule has 0 aliphatic carbocycles. The molecule has 4 nitrogen and oxygen atoms in total. The average Bonchev–Trinajstić information content (AvgIpc) is 2.96. The number of hydrogen-bond donors (Lipinski definition) is 1. The molecule has 0 spiro atoms. The normalized spacial score (nSPS) is 17.2. The second-order valence-electron chi connectivity index (χ2n) is 5.30. The van der Waals surface area contributed by atoms with Crippen molar-refractivity contribution in [3.63, 3.8) is 0 Å². The Balaban J connectivity index is 1.48. The minimum atomic E-state index is -1.56. The first kappa shape index (κ1) is 15.7. The summed E-state index contributed by atoms with van der Waals surface area (Å²) in [5.41, 5.74) is 1.12. The van der Waals surface area contributed by atoms with Crippen LogP contribution in [0.3, 0.4) is 0 Å². The molecular formula is C17H16FNO3S. The Morgan fingerprint density at radius 3 is 2.87 bits per heavy atom. The molecule has 1 amide bonds.